The monoisotopic (exact) mass is 274 g/mol. The van der Waals surface area contributed by atoms with Crippen LogP contribution in [0.3, 0.4) is 0 Å². The Balaban J connectivity index is 2.74. The lowest BCUT2D eigenvalue weighted by atomic mass is 9.94. The Bertz CT molecular complexity index is 454. The van der Waals surface area contributed by atoms with E-state index in [2.05, 4.69) is 6.92 Å². The average molecular weight is 274 g/mol. The number of hydrogen-bond acceptors (Lipinski definition) is 3. The Hall–Kier alpha value is -0.940. The van der Waals surface area contributed by atoms with E-state index in [1.165, 1.54) is 12.1 Å². The van der Waals surface area contributed by atoms with Crippen LogP contribution in [0.4, 0.5) is 4.39 Å². The summed E-state index contributed by atoms with van der Waals surface area (Å²) in [5.41, 5.74) is 0.911. The summed E-state index contributed by atoms with van der Waals surface area (Å²) in [4.78, 5) is 0. The number of halogens is 1. The van der Waals surface area contributed by atoms with Crippen molar-refractivity contribution in [3.8, 4) is 0 Å². The molecule has 0 aromatic heterocycles. The molecule has 102 valence electrons. The van der Waals surface area contributed by atoms with Crippen molar-refractivity contribution < 1.29 is 17.0 Å². The molecule has 0 heterocycles. The highest BCUT2D eigenvalue weighted by molar-refractivity contribution is 7.85. The van der Waals surface area contributed by atoms with Gasteiger partial charge < -0.3 is 0 Å². The third-order valence-corrected chi connectivity index (χ3v) is 3.30. The molecule has 0 fully saturated rings. The van der Waals surface area contributed by atoms with Gasteiger partial charge in [0.15, 0.2) is 0 Å². The number of rotatable bonds is 7. The molecule has 0 radical (unpaired) electrons. The van der Waals surface area contributed by atoms with Crippen LogP contribution in [-0.4, -0.2) is 21.3 Å². The first kappa shape index (κ1) is 15.1. The van der Waals surface area contributed by atoms with Crippen LogP contribution in [0.2, 0.25) is 0 Å². The molecule has 1 unspecified atom stereocenters. The zero-order valence-electron chi connectivity index (χ0n) is 10.7. The Morgan fingerprint density at radius 1 is 1.28 bits per heavy atom. The smallest absolute Gasteiger partial charge is 0.264 e. The Kier molecular flexibility index (Phi) is 5.75. The van der Waals surface area contributed by atoms with E-state index in [1.54, 1.807) is 12.1 Å². The van der Waals surface area contributed by atoms with Crippen molar-refractivity contribution in [1.82, 2.24) is 0 Å². The second-order valence-corrected chi connectivity index (χ2v) is 6.02. The van der Waals surface area contributed by atoms with Crippen molar-refractivity contribution in [1.29, 1.82) is 0 Å². The largest absolute Gasteiger partial charge is 0.270 e. The van der Waals surface area contributed by atoms with Crippen molar-refractivity contribution in [3.63, 3.8) is 0 Å². The first-order chi connectivity index (χ1) is 8.42. The van der Waals surface area contributed by atoms with Crippen LogP contribution >= 0.6 is 0 Å². The molecule has 0 aliphatic heterocycles. The minimum Gasteiger partial charge on any atom is -0.270 e. The second kappa shape index (κ2) is 6.85. The first-order valence-corrected chi connectivity index (χ1v) is 7.84. The topological polar surface area (TPSA) is 43.4 Å². The van der Waals surface area contributed by atoms with Crippen LogP contribution in [0.5, 0.6) is 0 Å². The predicted molar refractivity (Wildman–Crippen MR) is 69.5 cm³/mol. The molecule has 0 bridgehead atoms. The van der Waals surface area contributed by atoms with E-state index in [0.29, 0.717) is 0 Å². The van der Waals surface area contributed by atoms with Crippen LogP contribution in [-0.2, 0) is 14.3 Å². The molecule has 0 N–H and O–H groups in total. The summed E-state index contributed by atoms with van der Waals surface area (Å²) in [6.07, 6.45) is 3.87. The molecule has 1 aromatic rings. The third-order valence-electron chi connectivity index (χ3n) is 2.73. The van der Waals surface area contributed by atoms with Gasteiger partial charge >= 0.3 is 0 Å². The summed E-state index contributed by atoms with van der Waals surface area (Å²) >= 11 is 0. The first-order valence-electron chi connectivity index (χ1n) is 6.02. The molecule has 5 heteroatoms. The molecule has 0 amide bonds. The van der Waals surface area contributed by atoms with Gasteiger partial charge in [-0.25, -0.2) is 4.39 Å². The lowest BCUT2D eigenvalue weighted by Gasteiger charge is -2.16. The molecule has 1 rings (SSSR count). The van der Waals surface area contributed by atoms with Gasteiger partial charge in [0, 0.05) is 5.92 Å². The summed E-state index contributed by atoms with van der Waals surface area (Å²) in [6, 6.07) is 6.13. The highest BCUT2D eigenvalue weighted by Gasteiger charge is 2.14. The number of hydrogen-bond donors (Lipinski definition) is 0. The third kappa shape index (κ3) is 5.60. The molecule has 0 spiro atoms. The summed E-state index contributed by atoms with van der Waals surface area (Å²) < 4.78 is 39.7. The molecular formula is C13H19FO3S. The Morgan fingerprint density at radius 2 is 1.89 bits per heavy atom. The molecule has 0 aliphatic rings. The Morgan fingerprint density at radius 3 is 2.39 bits per heavy atom. The van der Waals surface area contributed by atoms with Crippen molar-refractivity contribution in [2.75, 3.05) is 12.9 Å². The lowest BCUT2D eigenvalue weighted by Crippen LogP contribution is -2.12. The molecular weight excluding hydrogens is 255 g/mol. The predicted octanol–water partition coefficient (Wildman–Crippen LogP) is 3.08. The van der Waals surface area contributed by atoms with Gasteiger partial charge in [0.2, 0.25) is 0 Å². The zero-order valence-corrected chi connectivity index (χ0v) is 11.5. The SMILES string of the molecule is CCCCC(COS(C)(=O)=O)c1ccc(F)cc1. The maximum atomic E-state index is 12.9. The Labute approximate surface area is 108 Å². The molecule has 1 atom stereocenters. The molecule has 1 aromatic carbocycles. The summed E-state index contributed by atoms with van der Waals surface area (Å²) in [5, 5.41) is 0. The average Bonchev–Trinajstić information content (AvgIpc) is 2.29. The van der Waals surface area contributed by atoms with Gasteiger partial charge in [0.05, 0.1) is 12.9 Å². The number of unbranched alkanes of at least 4 members (excludes halogenated alkanes) is 1. The van der Waals surface area contributed by atoms with E-state index >= 15 is 0 Å². The van der Waals surface area contributed by atoms with Crippen molar-refractivity contribution in [2.24, 2.45) is 0 Å². The van der Waals surface area contributed by atoms with E-state index in [9.17, 15) is 12.8 Å². The fourth-order valence-corrected chi connectivity index (χ4v) is 2.15. The maximum Gasteiger partial charge on any atom is 0.264 e. The van der Waals surface area contributed by atoms with Crippen LogP contribution < -0.4 is 0 Å². The fourth-order valence-electron chi connectivity index (χ4n) is 1.74. The lowest BCUT2D eigenvalue weighted by molar-refractivity contribution is 0.285. The summed E-state index contributed by atoms with van der Waals surface area (Å²) in [5.74, 6) is -0.308. The van der Waals surface area contributed by atoms with Gasteiger partial charge in [-0.2, -0.15) is 8.42 Å². The normalized spacial score (nSPS) is 13.5. The van der Waals surface area contributed by atoms with Gasteiger partial charge in [0.25, 0.3) is 10.1 Å². The standard InChI is InChI=1S/C13H19FO3S/c1-3-4-5-12(10-17-18(2,15)16)11-6-8-13(14)9-7-11/h6-9,12H,3-5,10H2,1-2H3. The van der Waals surface area contributed by atoms with Gasteiger partial charge in [-0.1, -0.05) is 31.9 Å². The number of benzene rings is 1. The van der Waals surface area contributed by atoms with E-state index in [4.69, 9.17) is 4.18 Å². The molecule has 0 saturated heterocycles. The van der Waals surface area contributed by atoms with Crippen molar-refractivity contribution in [2.45, 2.75) is 32.1 Å². The van der Waals surface area contributed by atoms with Crippen LogP contribution in [0.1, 0.15) is 37.7 Å². The van der Waals surface area contributed by atoms with Gasteiger partial charge in [-0.15, -0.1) is 0 Å². The van der Waals surface area contributed by atoms with Gasteiger partial charge in [0.1, 0.15) is 5.82 Å². The van der Waals surface area contributed by atoms with E-state index in [-0.39, 0.29) is 18.3 Å². The van der Waals surface area contributed by atoms with Crippen LogP contribution in [0, 0.1) is 5.82 Å². The highest BCUT2D eigenvalue weighted by Crippen LogP contribution is 2.23. The highest BCUT2D eigenvalue weighted by atomic mass is 32.2. The molecule has 3 nitrogen and oxygen atoms in total. The van der Waals surface area contributed by atoms with E-state index in [0.717, 1.165) is 31.1 Å². The summed E-state index contributed by atoms with van der Waals surface area (Å²) in [6.45, 7) is 2.18. The minimum absolute atomic E-state index is 0.0136. The second-order valence-electron chi connectivity index (χ2n) is 4.38. The maximum absolute atomic E-state index is 12.9. The molecule has 0 saturated carbocycles. The summed E-state index contributed by atoms with van der Waals surface area (Å²) in [7, 11) is -3.43. The molecule has 18 heavy (non-hydrogen) atoms. The minimum atomic E-state index is -3.43. The van der Waals surface area contributed by atoms with Gasteiger partial charge in [-0.05, 0) is 24.1 Å². The van der Waals surface area contributed by atoms with Crippen molar-refractivity contribution >= 4 is 10.1 Å². The van der Waals surface area contributed by atoms with Crippen LogP contribution in [0.15, 0.2) is 24.3 Å². The van der Waals surface area contributed by atoms with Crippen LogP contribution in [0.25, 0.3) is 0 Å². The van der Waals surface area contributed by atoms with E-state index < -0.39 is 10.1 Å². The van der Waals surface area contributed by atoms with E-state index in [1.807, 2.05) is 0 Å². The van der Waals surface area contributed by atoms with Gasteiger partial charge in [-0.3, -0.25) is 4.18 Å². The van der Waals surface area contributed by atoms with Crippen molar-refractivity contribution in [3.05, 3.63) is 35.6 Å². The zero-order chi connectivity index (χ0) is 13.6. The fraction of sp³-hybridized carbons (Fsp3) is 0.538. The quantitative estimate of drug-likeness (QED) is 0.718. The molecule has 0 aliphatic carbocycles.